The SMILES string of the molecule is CC1(C)CC(=O)C(Cl)(OC=O)C(=O)C1. The summed E-state index contributed by atoms with van der Waals surface area (Å²) < 4.78 is 4.37. The lowest BCUT2D eigenvalue weighted by molar-refractivity contribution is -0.161. The van der Waals surface area contributed by atoms with Crippen LogP contribution >= 0.6 is 11.6 Å². The van der Waals surface area contributed by atoms with E-state index >= 15 is 0 Å². The molecule has 1 saturated carbocycles. The van der Waals surface area contributed by atoms with Crippen LogP contribution in [0.4, 0.5) is 0 Å². The van der Waals surface area contributed by atoms with Gasteiger partial charge in [0.05, 0.1) is 0 Å². The normalized spacial score (nSPS) is 24.5. The number of ether oxygens (including phenoxy) is 1. The molecular formula is C9H11ClO4. The van der Waals surface area contributed by atoms with E-state index in [4.69, 9.17) is 11.6 Å². The molecule has 14 heavy (non-hydrogen) atoms. The van der Waals surface area contributed by atoms with Gasteiger partial charge in [-0.1, -0.05) is 25.4 Å². The van der Waals surface area contributed by atoms with Crippen molar-refractivity contribution >= 4 is 29.6 Å². The Bertz CT molecular complexity index is 275. The molecule has 4 nitrogen and oxygen atoms in total. The van der Waals surface area contributed by atoms with E-state index in [1.807, 2.05) is 0 Å². The summed E-state index contributed by atoms with van der Waals surface area (Å²) >= 11 is 5.65. The number of carbonyl (C=O) groups excluding carboxylic acids is 3. The molecule has 0 radical (unpaired) electrons. The molecular weight excluding hydrogens is 208 g/mol. The number of ketones is 2. The van der Waals surface area contributed by atoms with E-state index in [1.54, 1.807) is 13.8 Å². The Hall–Kier alpha value is -0.900. The van der Waals surface area contributed by atoms with Gasteiger partial charge in [-0.25, -0.2) is 0 Å². The minimum atomic E-state index is -2.07. The fraction of sp³-hybridized carbons (Fsp3) is 0.667. The molecule has 0 N–H and O–H groups in total. The average Bonchev–Trinajstić information content (AvgIpc) is 2.00. The second-order valence-electron chi connectivity index (χ2n) is 4.17. The largest absolute Gasteiger partial charge is 0.430 e. The Morgan fingerprint density at radius 1 is 1.29 bits per heavy atom. The number of hydrogen-bond donors (Lipinski definition) is 0. The molecule has 0 aromatic rings. The van der Waals surface area contributed by atoms with Gasteiger partial charge in [-0.05, 0) is 5.41 Å². The summed E-state index contributed by atoms with van der Waals surface area (Å²) in [6.07, 6.45) is 0.270. The third-order valence-electron chi connectivity index (χ3n) is 2.21. The predicted molar refractivity (Wildman–Crippen MR) is 48.8 cm³/mol. The molecule has 0 aromatic heterocycles. The molecule has 1 aliphatic carbocycles. The summed E-state index contributed by atoms with van der Waals surface area (Å²) in [6.45, 7) is 3.61. The van der Waals surface area contributed by atoms with Crippen molar-refractivity contribution in [3.8, 4) is 0 Å². The van der Waals surface area contributed by atoms with Gasteiger partial charge in [0.15, 0.2) is 0 Å². The standard InChI is InChI=1S/C9H11ClO4/c1-8(2)3-6(12)9(10,14-5-11)7(13)4-8/h5H,3-4H2,1-2H3. The van der Waals surface area contributed by atoms with Crippen LogP contribution in [-0.4, -0.2) is 23.1 Å². The lowest BCUT2D eigenvalue weighted by atomic mass is 9.75. The molecule has 0 aromatic carbocycles. The van der Waals surface area contributed by atoms with E-state index in [-0.39, 0.29) is 19.3 Å². The molecule has 1 aliphatic rings. The van der Waals surface area contributed by atoms with Gasteiger partial charge in [0.2, 0.25) is 11.6 Å². The number of halogens is 1. The van der Waals surface area contributed by atoms with E-state index in [1.165, 1.54) is 0 Å². The van der Waals surface area contributed by atoms with Gasteiger partial charge in [0.1, 0.15) is 0 Å². The number of Topliss-reactive ketones (excluding diaryl/α,β-unsaturated/α-hetero) is 2. The highest BCUT2D eigenvalue weighted by molar-refractivity contribution is 6.46. The molecule has 0 unspecified atom stereocenters. The second kappa shape index (κ2) is 3.35. The molecule has 0 aliphatic heterocycles. The maximum absolute atomic E-state index is 11.5. The van der Waals surface area contributed by atoms with Crippen molar-refractivity contribution in [2.24, 2.45) is 5.41 Å². The van der Waals surface area contributed by atoms with Crippen LogP contribution in [0.2, 0.25) is 0 Å². The van der Waals surface area contributed by atoms with Crippen molar-refractivity contribution < 1.29 is 19.1 Å². The lowest BCUT2D eigenvalue weighted by Crippen LogP contribution is -2.51. The average molecular weight is 219 g/mol. The Balaban J connectivity index is 2.96. The zero-order chi connectivity index (χ0) is 11.0. The zero-order valence-corrected chi connectivity index (χ0v) is 8.76. The van der Waals surface area contributed by atoms with Crippen molar-refractivity contribution in [2.75, 3.05) is 0 Å². The van der Waals surface area contributed by atoms with Crippen LogP contribution in [0.3, 0.4) is 0 Å². The third-order valence-corrected chi connectivity index (χ3v) is 2.72. The van der Waals surface area contributed by atoms with Crippen molar-refractivity contribution in [2.45, 2.75) is 31.7 Å². The number of hydrogen-bond acceptors (Lipinski definition) is 4. The van der Waals surface area contributed by atoms with Crippen LogP contribution in [0.1, 0.15) is 26.7 Å². The second-order valence-corrected chi connectivity index (χ2v) is 4.71. The fourth-order valence-electron chi connectivity index (χ4n) is 1.51. The number of alkyl halides is 1. The van der Waals surface area contributed by atoms with E-state index in [9.17, 15) is 14.4 Å². The van der Waals surface area contributed by atoms with Crippen molar-refractivity contribution in [3.05, 3.63) is 0 Å². The summed E-state index contributed by atoms with van der Waals surface area (Å²) in [6, 6.07) is 0. The predicted octanol–water partition coefficient (Wildman–Crippen LogP) is 1.05. The van der Waals surface area contributed by atoms with Crippen LogP contribution < -0.4 is 0 Å². The number of rotatable bonds is 2. The molecule has 0 saturated heterocycles. The highest BCUT2D eigenvalue weighted by Crippen LogP contribution is 2.39. The Morgan fingerprint density at radius 2 is 1.71 bits per heavy atom. The molecule has 0 amide bonds. The van der Waals surface area contributed by atoms with Gasteiger partial charge in [-0.15, -0.1) is 0 Å². The summed E-state index contributed by atoms with van der Waals surface area (Å²) in [5.74, 6) is -1.10. The van der Waals surface area contributed by atoms with Gasteiger partial charge in [0.25, 0.3) is 6.47 Å². The zero-order valence-electron chi connectivity index (χ0n) is 8.00. The van der Waals surface area contributed by atoms with Gasteiger partial charge in [-0.3, -0.25) is 14.4 Å². The molecule has 5 heteroatoms. The molecule has 0 spiro atoms. The maximum atomic E-state index is 11.5. The minimum absolute atomic E-state index is 0.0289. The first kappa shape index (κ1) is 11.2. The van der Waals surface area contributed by atoms with Crippen LogP contribution in [-0.2, 0) is 19.1 Å². The lowest BCUT2D eigenvalue weighted by Gasteiger charge is -2.35. The molecule has 0 atom stereocenters. The first-order chi connectivity index (χ1) is 6.32. The first-order valence-electron chi connectivity index (χ1n) is 4.19. The van der Waals surface area contributed by atoms with E-state index in [0.29, 0.717) is 0 Å². The van der Waals surface area contributed by atoms with Gasteiger partial charge < -0.3 is 4.74 Å². The van der Waals surface area contributed by atoms with E-state index in [2.05, 4.69) is 4.74 Å². The topological polar surface area (TPSA) is 60.4 Å². The summed E-state index contributed by atoms with van der Waals surface area (Å²) in [7, 11) is 0. The fourth-order valence-corrected chi connectivity index (χ4v) is 1.68. The Labute approximate surface area is 86.6 Å². The van der Waals surface area contributed by atoms with Crippen LogP contribution in [0, 0.1) is 5.41 Å². The maximum Gasteiger partial charge on any atom is 0.301 e. The smallest absolute Gasteiger partial charge is 0.301 e. The molecule has 1 fully saturated rings. The molecule has 0 bridgehead atoms. The third kappa shape index (κ3) is 1.80. The first-order valence-corrected chi connectivity index (χ1v) is 4.56. The van der Waals surface area contributed by atoms with E-state index in [0.717, 1.165) is 0 Å². The van der Waals surface area contributed by atoms with Crippen LogP contribution in [0.25, 0.3) is 0 Å². The van der Waals surface area contributed by atoms with Gasteiger partial charge in [0, 0.05) is 12.8 Å². The van der Waals surface area contributed by atoms with Crippen LogP contribution in [0.15, 0.2) is 0 Å². The molecule has 78 valence electrons. The quantitative estimate of drug-likeness (QED) is 0.395. The van der Waals surface area contributed by atoms with E-state index < -0.39 is 22.0 Å². The Kier molecular flexibility index (Phi) is 2.67. The van der Waals surface area contributed by atoms with Crippen molar-refractivity contribution in [1.82, 2.24) is 0 Å². The highest BCUT2D eigenvalue weighted by Gasteiger charge is 2.52. The Morgan fingerprint density at radius 3 is 2.07 bits per heavy atom. The van der Waals surface area contributed by atoms with Crippen molar-refractivity contribution in [3.63, 3.8) is 0 Å². The molecule has 1 rings (SSSR count). The highest BCUT2D eigenvalue weighted by atomic mass is 35.5. The van der Waals surface area contributed by atoms with Crippen LogP contribution in [0.5, 0.6) is 0 Å². The summed E-state index contributed by atoms with van der Waals surface area (Å²) in [5.41, 5.74) is -0.404. The molecule has 0 heterocycles. The van der Waals surface area contributed by atoms with Gasteiger partial charge in [-0.2, -0.15) is 0 Å². The monoisotopic (exact) mass is 218 g/mol. The summed E-state index contributed by atoms with van der Waals surface area (Å²) in [4.78, 5) is 33.1. The number of carbonyl (C=O) groups is 3. The van der Waals surface area contributed by atoms with Gasteiger partial charge >= 0.3 is 5.06 Å². The summed E-state index contributed by atoms with van der Waals surface area (Å²) in [5, 5.41) is -2.07. The minimum Gasteiger partial charge on any atom is -0.430 e. The van der Waals surface area contributed by atoms with Crippen molar-refractivity contribution in [1.29, 1.82) is 0 Å².